The molecular formula is C27H23N3O. The first-order valence-corrected chi connectivity index (χ1v) is 10.9. The molecule has 1 aliphatic heterocycles. The highest BCUT2D eigenvalue weighted by Gasteiger charge is 2.27. The third kappa shape index (κ3) is 3.10. The number of carbonyl (C=O) groups excluding carboxylic acids is 1. The summed E-state index contributed by atoms with van der Waals surface area (Å²) in [7, 11) is 0. The molecular weight excluding hydrogens is 382 g/mol. The first-order valence-electron chi connectivity index (χ1n) is 10.9. The topological polar surface area (TPSA) is 54.9 Å². The van der Waals surface area contributed by atoms with E-state index < -0.39 is 0 Å². The number of nitrogens with one attached hydrogen (secondary N) is 1. The summed E-state index contributed by atoms with van der Waals surface area (Å²) in [4.78, 5) is 21.8. The molecule has 0 bridgehead atoms. The zero-order valence-corrected chi connectivity index (χ0v) is 17.5. The standard InChI is InChI=1S/C27H23N3O/c1-16-7-19-12-27(31)24(10-17-8-18-4-6-28-14-20(18)9-17)23(19)13-22(16)21-11-26-25(30-15-21)3-2-5-29-26/h4,6-7,9-11,13-15,29H,2-3,5,8,12H2,1H3/b24-10-. The lowest BCUT2D eigenvalue weighted by Gasteiger charge is -2.18. The minimum atomic E-state index is 0.201. The van der Waals surface area contributed by atoms with Crippen LogP contribution in [0.25, 0.3) is 22.8 Å². The zero-order chi connectivity index (χ0) is 20.9. The third-order valence-corrected chi connectivity index (χ3v) is 6.59. The number of anilines is 1. The van der Waals surface area contributed by atoms with Crippen LogP contribution in [0.1, 0.15) is 39.9 Å². The van der Waals surface area contributed by atoms with Crippen molar-refractivity contribution in [3.05, 3.63) is 88.0 Å². The van der Waals surface area contributed by atoms with Crippen LogP contribution < -0.4 is 5.32 Å². The van der Waals surface area contributed by atoms with Crippen molar-refractivity contribution in [2.45, 2.75) is 32.6 Å². The van der Waals surface area contributed by atoms with E-state index in [4.69, 9.17) is 4.98 Å². The van der Waals surface area contributed by atoms with E-state index in [-0.39, 0.29) is 5.78 Å². The summed E-state index contributed by atoms with van der Waals surface area (Å²) in [6, 6.07) is 8.63. The van der Waals surface area contributed by atoms with Crippen LogP contribution in [0, 0.1) is 6.92 Å². The number of fused-ring (bicyclic) bond motifs is 3. The molecule has 1 N–H and O–H groups in total. The van der Waals surface area contributed by atoms with E-state index in [2.05, 4.69) is 53.6 Å². The van der Waals surface area contributed by atoms with E-state index in [1.807, 2.05) is 18.6 Å². The van der Waals surface area contributed by atoms with Gasteiger partial charge < -0.3 is 5.32 Å². The lowest BCUT2D eigenvalue weighted by Crippen LogP contribution is -2.13. The quantitative estimate of drug-likeness (QED) is 0.613. The second-order valence-electron chi connectivity index (χ2n) is 8.70. The van der Waals surface area contributed by atoms with Crippen LogP contribution in [0.2, 0.25) is 0 Å². The van der Waals surface area contributed by atoms with Crippen LogP contribution in [0.15, 0.2) is 54.5 Å². The van der Waals surface area contributed by atoms with Crippen molar-refractivity contribution < 1.29 is 4.79 Å². The molecule has 0 amide bonds. The van der Waals surface area contributed by atoms with Gasteiger partial charge in [-0.3, -0.25) is 14.8 Å². The Kier molecular flexibility index (Phi) is 4.13. The molecule has 6 rings (SSSR count). The molecule has 0 spiro atoms. The van der Waals surface area contributed by atoms with Crippen LogP contribution in [0.4, 0.5) is 5.69 Å². The lowest BCUT2D eigenvalue weighted by molar-refractivity contribution is -0.112. The second-order valence-corrected chi connectivity index (χ2v) is 8.70. The van der Waals surface area contributed by atoms with Crippen LogP contribution in [-0.4, -0.2) is 22.3 Å². The largest absolute Gasteiger partial charge is 0.384 e. The zero-order valence-electron chi connectivity index (χ0n) is 17.5. The van der Waals surface area contributed by atoms with Gasteiger partial charge in [0.15, 0.2) is 5.78 Å². The molecule has 3 aromatic rings. The molecule has 0 radical (unpaired) electrons. The molecule has 3 aliphatic rings. The molecule has 1 aromatic carbocycles. The Hall–Kier alpha value is -3.53. The molecule has 0 saturated carbocycles. The maximum Gasteiger partial charge on any atom is 0.167 e. The number of aryl methyl sites for hydroxylation is 2. The van der Waals surface area contributed by atoms with Crippen molar-refractivity contribution in [2.75, 3.05) is 11.9 Å². The number of hydrogen-bond donors (Lipinski definition) is 1. The fourth-order valence-corrected chi connectivity index (χ4v) is 5.00. The average molecular weight is 406 g/mol. The average Bonchev–Trinajstić information content (AvgIpc) is 3.33. The maximum absolute atomic E-state index is 12.9. The van der Waals surface area contributed by atoms with Gasteiger partial charge in [-0.05, 0) is 95.5 Å². The van der Waals surface area contributed by atoms with Gasteiger partial charge in [0.25, 0.3) is 0 Å². The van der Waals surface area contributed by atoms with Crippen molar-refractivity contribution in [3.8, 4) is 11.1 Å². The molecule has 0 unspecified atom stereocenters. The molecule has 4 nitrogen and oxygen atoms in total. The minimum absolute atomic E-state index is 0.201. The minimum Gasteiger partial charge on any atom is -0.384 e. The Labute approximate surface area is 181 Å². The van der Waals surface area contributed by atoms with Crippen LogP contribution in [0.3, 0.4) is 0 Å². The monoisotopic (exact) mass is 405 g/mol. The number of hydrogen-bond acceptors (Lipinski definition) is 4. The van der Waals surface area contributed by atoms with Gasteiger partial charge in [0.1, 0.15) is 0 Å². The normalized spacial score (nSPS) is 17.8. The molecule has 2 aliphatic carbocycles. The van der Waals surface area contributed by atoms with E-state index in [0.717, 1.165) is 70.6 Å². The Balaban J connectivity index is 1.41. The fraction of sp³-hybridized carbons (Fsp3) is 0.222. The van der Waals surface area contributed by atoms with Gasteiger partial charge in [-0.1, -0.05) is 6.07 Å². The Morgan fingerprint density at radius 2 is 2.00 bits per heavy atom. The predicted octanol–water partition coefficient (Wildman–Crippen LogP) is 4.96. The molecule has 2 aromatic heterocycles. The van der Waals surface area contributed by atoms with E-state index in [0.29, 0.717) is 6.42 Å². The highest BCUT2D eigenvalue weighted by Crippen LogP contribution is 2.38. The van der Waals surface area contributed by atoms with Crippen molar-refractivity contribution in [3.63, 3.8) is 0 Å². The Morgan fingerprint density at radius 1 is 1.06 bits per heavy atom. The highest BCUT2D eigenvalue weighted by atomic mass is 16.1. The van der Waals surface area contributed by atoms with Crippen LogP contribution in [-0.2, 0) is 24.1 Å². The van der Waals surface area contributed by atoms with Gasteiger partial charge in [-0.2, -0.15) is 0 Å². The van der Waals surface area contributed by atoms with Crippen molar-refractivity contribution >= 4 is 23.1 Å². The predicted molar refractivity (Wildman–Crippen MR) is 124 cm³/mol. The van der Waals surface area contributed by atoms with E-state index in [1.165, 1.54) is 16.7 Å². The first kappa shape index (κ1) is 18.3. The van der Waals surface area contributed by atoms with Crippen molar-refractivity contribution in [2.24, 2.45) is 0 Å². The van der Waals surface area contributed by atoms with E-state index >= 15 is 0 Å². The Morgan fingerprint density at radius 3 is 2.90 bits per heavy atom. The molecule has 152 valence electrons. The molecule has 4 heteroatoms. The van der Waals surface area contributed by atoms with Gasteiger partial charge in [0.05, 0.1) is 11.4 Å². The van der Waals surface area contributed by atoms with Gasteiger partial charge in [-0.25, -0.2) is 0 Å². The Bertz CT molecular complexity index is 1320. The lowest BCUT2D eigenvalue weighted by atomic mass is 9.94. The molecule has 3 heterocycles. The maximum atomic E-state index is 12.9. The number of allylic oxidation sites excluding steroid dienone is 3. The number of rotatable bonds is 2. The summed E-state index contributed by atoms with van der Waals surface area (Å²) in [5.74, 6) is 0.201. The van der Waals surface area contributed by atoms with Gasteiger partial charge in [0.2, 0.25) is 0 Å². The van der Waals surface area contributed by atoms with Gasteiger partial charge >= 0.3 is 0 Å². The smallest absolute Gasteiger partial charge is 0.167 e. The highest BCUT2D eigenvalue weighted by molar-refractivity contribution is 6.26. The summed E-state index contributed by atoms with van der Waals surface area (Å²) in [5.41, 5.74) is 12.3. The van der Waals surface area contributed by atoms with Gasteiger partial charge in [0, 0.05) is 42.7 Å². The summed E-state index contributed by atoms with van der Waals surface area (Å²) in [6.07, 6.45) is 13.4. The van der Waals surface area contributed by atoms with E-state index in [1.54, 1.807) is 0 Å². The first-order chi connectivity index (χ1) is 15.2. The number of benzene rings is 1. The molecule has 0 saturated heterocycles. The second kappa shape index (κ2) is 7.02. The third-order valence-electron chi connectivity index (χ3n) is 6.59. The van der Waals surface area contributed by atoms with Crippen molar-refractivity contribution in [1.82, 2.24) is 9.97 Å². The summed E-state index contributed by atoms with van der Waals surface area (Å²) < 4.78 is 0. The molecule has 0 fully saturated rings. The number of aromatic nitrogens is 2. The number of pyridine rings is 2. The molecule has 31 heavy (non-hydrogen) atoms. The summed E-state index contributed by atoms with van der Waals surface area (Å²) in [5, 5.41) is 3.48. The summed E-state index contributed by atoms with van der Waals surface area (Å²) in [6.45, 7) is 3.12. The number of ketones is 1. The van der Waals surface area contributed by atoms with E-state index in [9.17, 15) is 4.79 Å². The van der Waals surface area contributed by atoms with Gasteiger partial charge in [-0.15, -0.1) is 0 Å². The van der Waals surface area contributed by atoms with Crippen LogP contribution >= 0.6 is 0 Å². The van der Waals surface area contributed by atoms with Crippen LogP contribution in [0.5, 0.6) is 0 Å². The summed E-state index contributed by atoms with van der Waals surface area (Å²) >= 11 is 0. The number of carbonyl (C=O) groups is 1. The fourth-order valence-electron chi connectivity index (χ4n) is 5.00. The number of nitrogens with zero attached hydrogens (tertiary/aromatic N) is 2. The molecule has 0 atom stereocenters. The van der Waals surface area contributed by atoms with Crippen molar-refractivity contribution in [1.29, 1.82) is 0 Å². The number of Topliss-reactive ketones (excluding diaryl/α,β-unsaturated/α-hetero) is 1. The SMILES string of the molecule is Cc1cc2c(cc1-c1cnc3c(c1)NCCC3)/C(=C/C1=Cc3cnccc3C1)C(=O)C2.